The van der Waals surface area contributed by atoms with Crippen LogP contribution < -0.4 is 20.1 Å². The first-order valence-electron chi connectivity index (χ1n) is 8.61. The van der Waals surface area contributed by atoms with Crippen LogP contribution in [0.25, 0.3) is 0 Å². The van der Waals surface area contributed by atoms with Gasteiger partial charge >= 0.3 is 5.97 Å². The summed E-state index contributed by atoms with van der Waals surface area (Å²) in [6.45, 7) is 0.188. The zero-order valence-electron chi connectivity index (χ0n) is 15.3. The molecule has 4 rings (SSSR count). The molecule has 0 fully saturated rings. The minimum absolute atomic E-state index is 0.159. The van der Waals surface area contributed by atoms with Gasteiger partial charge in [-0.05, 0) is 30.3 Å². The second-order valence-corrected chi connectivity index (χ2v) is 6.01. The highest BCUT2D eigenvalue weighted by molar-refractivity contribution is 6.04. The molecular weight excluding hydrogens is 376 g/mol. The number of esters is 1. The van der Waals surface area contributed by atoms with E-state index in [2.05, 4.69) is 25.3 Å². The molecule has 3 aromatic rings. The summed E-state index contributed by atoms with van der Waals surface area (Å²) in [5.41, 5.74) is 1.66. The number of ether oxygens (including phenoxy) is 3. The highest BCUT2D eigenvalue weighted by Gasteiger charge is 2.15. The van der Waals surface area contributed by atoms with E-state index in [4.69, 9.17) is 9.47 Å². The number of carbonyl (C=O) groups excluding carboxylic acids is 2. The molecule has 2 N–H and O–H groups in total. The maximum atomic E-state index is 12.5. The van der Waals surface area contributed by atoms with Crippen molar-refractivity contribution in [1.82, 2.24) is 9.97 Å². The fourth-order valence-electron chi connectivity index (χ4n) is 2.71. The SMILES string of the molecule is COC(=O)c1cccc(NC(=O)c2cc(Nc3ccc4c(c3)OCO4)ncn2)c1. The molecule has 9 heteroatoms. The monoisotopic (exact) mass is 392 g/mol. The van der Waals surface area contributed by atoms with Crippen LogP contribution >= 0.6 is 0 Å². The van der Waals surface area contributed by atoms with E-state index in [9.17, 15) is 9.59 Å². The number of hydrogen-bond donors (Lipinski definition) is 2. The molecule has 0 unspecified atom stereocenters. The molecular formula is C20H16N4O5. The Morgan fingerprint density at radius 3 is 2.72 bits per heavy atom. The summed E-state index contributed by atoms with van der Waals surface area (Å²) in [4.78, 5) is 32.3. The van der Waals surface area contributed by atoms with Crippen LogP contribution in [0.4, 0.5) is 17.2 Å². The maximum absolute atomic E-state index is 12.5. The number of rotatable bonds is 5. The summed E-state index contributed by atoms with van der Waals surface area (Å²) in [5.74, 6) is 0.814. The molecule has 29 heavy (non-hydrogen) atoms. The predicted molar refractivity (Wildman–Crippen MR) is 104 cm³/mol. The highest BCUT2D eigenvalue weighted by atomic mass is 16.7. The van der Waals surface area contributed by atoms with Crippen LogP contribution in [0.2, 0.25) is 0 Å². The number of amides is 1. The number of methoxy groups -OCH3 is 1. The Labute approximate surface area is 165 Å². The highest BCUT2D eigenvalue weighted by Crippen LogP contribution is 2.34. The number of nitrogens with zero attached hydrogens (tertiary/aromatic N) is 2. The Bertz CT molecular complexity index is 1090. The van der Waals surface area contributed by atoms with Gasteiger partial charge in [-0.2, -0.15) is 0 Å². The van der Waals surface area contributed by atoms with E-state index >= 15 is 0 Å². The van der Waals surface area contributed by atoms with Crippen LogP contribution in [0.5, 0.6) is 11.5 Å². The van der Waals surface area contributed by atoms with E-state index < -0.39 is 11.9 Å². The lowest BCUT2D eigenvalue weighted by Gasteiger charge is -2.09. The molecule has 2 aromatic carbocycles. The van der Waals surface area contributed by atoms with E-state index in [0.717, 1.165) is 5.69 Å². The molecule has 1 aliphatic rings. The molecule has 146 valence electrons. The van der Waals surface area contributed by atoms with Gasteiger partial charge in [-0.15, -0.1) is 0 Å². The van der Waals surface area contributed by atoms with Gasteiger partial charge in [0, 0.05) is 23.5 Å². The van der Waals surface area contributed by atoms with Crippen LogP contribution in [0.1, 0.15) is 20.8 Å². The molecule has 0 atom stereocenters. The standard InChI is InChI=1S/C20H16N4O5/c1-27-20(26)12-3-2-4-13(7-12)24-19(25)15-9-18(22-10-21-15)23-14-5-6-16-17(8-14)29-11-28-16/h2-10H,11H2,1H3,(H,24,25)(H,21,22,23). The molecule has 1 aromatic heterocycles. The van der Waals surface area contributed by atoms with E-state index in [1.165, 1.54) is 25.6 Å². The Kier molecular flexibility index (Phi) is 4.93. The number of carbonyl (C=O) groups is 2. The van der Waals surface area contributed by atoms with Crippen molar-refractivity contribution < 1.29 is 23.8 Å². The lowest BCUT2D eigenvalue weighted by atomic mass is 10.2. The Balaban J connectivity index is 1.48. The first kappa shape index (κ1) is 18.2. The topological polar surface area (TPSA) is 112 Å². The van der Waals surface area contributed by atoms with Gasteiger partial charge in [0.2, 0.25) is 6.79 Å². The molecule has 0 saturated heterocycles. The largest absolute Gasteiger partial charge is 0.465 e. The van der Waals surface area contributed by atoms with E-state index in [1.807, 2.05) is 6.07 Å². The van der Waals surface area contributed by atoms with Crippen LogP contribution in [0.15, 0.2) is 54.9 Å². The van der Waals surface area contributed by atoms with E-state index in [0.29, 0.717) is 28.6 Å². The van der Waals surface area contributed by atoms with Crippen molar-refractivity contribution in [3.63, 3.8) is 0 Å². The van der Waals surface area contributed by atoms with E-state index in [-0.39, 0.29) is 12.5 Å². The summed E-state index contributed by atoms with van der Waals surface area (Å²) in [5, 5.41) is 5.80. The predicted octanol–water partition coefficient (Wildman–Crippen LogP) is 2.99. The first-order chi connectivity index (χ1) is 14.1. The van der Waals surface area contributed by atoms with Crippen LogP contribution in [-0.2, 0) is 4.74 Å². The minimum Gasteiger partial charge on any atom is -0.465 e. The quantitative estimate of drug-likeness (QED) is 0.638. The number of anilines is 3. The zero-order chi connectivity index (χ0) is 20.2. The molecule has 0 bridgehead atoms. The van der Waals surface area contributed by atoms with E-state index in [1.54, 1.807) is 30.3 Å². The minimum atomic E-state index is -0.488. The Hall–Kier alpha value is -4.14. The van der Waals surface area contributed by atoms with Crippen LogP contribution in [0.3, 0.4) is 0 Å². The Morgan fingerprint density at radius 2 is 1.86 bits per heavy atom. The number of hydrogen-bond acceptors (Lipinski definition) is 8. The second kappa shape index (κ2) is 7.85. The summed E-state index contributed by atoms with van der Waals surface area (Å²) < 4.78 is 15.3. The first-order valence-corrected chi connectivity index (χ1v) is 8.61. The van der Waals surface area contributed by atoms with Gasteiger partial charge in [0.1, 0.15) is 17.8 Å². The van der Waals surface area contributed by atoms with Gasteiger partial charge in [0.05, 0.1) is 12.7 Å². The summed E-state index contributed by atoms with van der Waals surface area (Å²) >= 11 is 0. The lowest BCUT2D eigenvalue weighted by molar-refractivity contribution is 0.0600. The lowest BCUT2D eigenvalue weighted by Crippen LogP contribution is -2.15. The van der Waals surface area contributed by atoms with Gasteiger partial charge in [-0.3, -0.25) is 4.79 Å². The maximum Gasteiger partial charge on any atom is 0.337 e. The molecule has 9 nitrogen and oxygen atoms in total. The molecule has 0 aliphatic carbocycles. The van der Waals surface area contributed by atoms with Crippen LogP contribution in [-0.4, -0.2) is 35.7 Å². The van der Waals surface area contributed by atoms with Crippen molar-refractivity contribution in [2.75, 3.05) is 24.5 Å². The van der Waals surface area contributed by atoms with Crippen LogP contribution in [0, 0.1) is 0 Å². The molecule has 1 amide bonds. The normalized spacial score (nSPS) is 11.6. The summed E-state index contributed by atoms with van der Waals surface area (Å²) in [6, 6.07) is 13.3. The smallest absolute Gasteiger partial charge is 0.337 e. The fourth-order valence-corrected chi connectivity index (χ4v) is 2.71. The number of fused-ring (bicyclic) bond motifs is 1. The van der Waals surface area contributed by atoms with Gasteiger partial charge in [0.25, 0.3) is 5.91 Å². The summed E-state index contributed by atoms with van der Waals surface area (Å²) in [7, 11) is 1.29. The molecule has 0 saturated carbocycles. The van der Waals surface area contributed by atoms with Crippen molar-refractivity contribution in [3.05, 3.63) is 66.1 Å². The average molecular weight is 392 g/mol. The molecule has 1 aliphatic heterocycles. The second-order valence-electron chi connectivity index (χ2n) is 6.01. The van der Waals surface area contributed by atoms with Gasteiger partial charge in [-0.25, -0.2) is 14.8 Å². The molecule has 0 radical (unpaired) electrons. The van der Waals surface area contributed by atoms with Gasteiger partial charge in [0.15, 0.2) is 11.5 Å². The van der Waals surface area contributed by atoms with Crippen molar-refractivity contribution >= 4 is 29.1 Å². The fraction of sp³-hybridized carbons (Fsp3) is 0.100. The number of aromatic nitrogens is 2. The van der Waals surface area contributed by atoms with Crippen molar-refractivity contribution in [3.8, 4) is 11.5 Å². The van der Waals surface area contributed by atoms with Crippen molar-refractivity contribution in [2.45, 2.75) is 0 Å². The third-order valence-corrected chi connectivity index (χ3v) is 4.09. The molecule has 2 heterocycles. The Morgan fingerprint density at radius 1 is 1.00 bits per heavy atom. The number of nitrogens with one attached hydrogen (secondary N) is 2. The third-order valence-electron chi connectivity index (χ3n) is 4.09. The average Bonchev–Trinajstić information content (AvgIpc) is 3.21. The third kappa shape index (κ3) is 4.08. The van der Waals surface area contributed by atoms with Gasteiger partial charge < -0.3 is 24.8 Å². The van der Waals surface area contributed by atoms with Crippen molar-refractivity contribution in [2.24, 2.45) is 0 Å². The molecule has 0 spiro atoms. The number of benzene rings is 2. The van der Waals surface area contributed by atoms with Gasteiger partial charge in [-0.1, -0.05) is 6.07 Å². The summed E-state index contributed by atoms with van der Waals surface area (Å²) in [6.07, 6.45) is 1.29. The zero-order valence-corrected chi connectivity index (χ0v) is 15.3. The van der Waals surface area contributed by atoms with Crippen molar-refractivity contribution in [1.29, 1.82) is 0 Å².